The van der Waals surface area contributed by atoms with E-state index in [4.69, 9.17) is 15.6 Å². The van der Waals surface area contributed by atoms with Gasteiger partial charge in [-0.2, -0.15) is 5.10 Å². The summed E-state index contributed by atoms with van der Waals surface area (Å²) < 4.78 is 6.07. The molecule has 7 heteroatoms. The molecule has 0 fully saturated rings. The summed E-state index contributed by atoms with van der Waals surface area (Å²) >= 11 is 0. The minimum atomic E-state index is -1.40. The third-order valence-corrected chi connectivity index (χ3v) is 2.57. The topological polar surface area (TPSA) is 102 Å². The number of aromatic nitrogens is 2. The van der Waals surface area contributed by atoms with Crippen LogP contribution in [0, 0.1) is 6.92 Å². The number of anilines is 3. The van der Waals surface area contributed by atoms with Crippen LogP contribution in [0.4, 0.5) is 21.9 Å². The number of hydrogen-bond donors (Lipinski definition) is 3. The number of rotatable bonds is 3. The van der Waals surface area contributed by atoms with E-state index in [2.05, 4.69) is 10.4 Å². The highest BCUT2D eigenvalue weighted by atomic mass is 16.7. The molecule has 0 aliphatic carbocycles. The summed E-state index contributed by atoms with van der Waals surface area (Å²) in [7, 11) is 1.60. The van der Waals surface area contributed by atoms with Crippen LogP contribution in [0.15, 0.2) is 24.3 Å². The van der Waals surface area contributed by atoms with E-state index in [1.54, 1.807) is 26.1 Å². The molecule has 7 nitrogen and oxygen atoms in total. The van der Waals surface area contributed by atoms with E-state index < -0.39 is 6.16 Å². The number of nitrogens with zero attached hydrogens (tertiary/aromatic N) is 2. The lowest BCUT2D eigenvalue weighted by molar-refractivity contribution is 0.140. The molecule has 0 saturated carbocycles. The van der Waals surface area contributed by atoms with Crippen LogP contribution in [0.5, 0.6) is 5.88 Å². The van der Waals surface area contributed by atoms with Gasteiger partial charge in [-0.1, -0.05) is 12.1 Å². The standard InChI is InChI=1S/C12H14N4O3/c1-7-10(11(16(2)15-7)19-12(17)18)14-9-6-4-3-5-8(9)13/h3-6,14H,13H2,1-2H3,(H,17,18). The van der Waals surface area contributed by atoms with E-state index in [0.29, 0.717) is 22.8 Å². The van der Waals surface area contributed by atoms with Gasteiger partial charge in [-0.05, 0) is 19.1 Å². The summed E-state index contributed by atoms with van der Waals surface area (Å²) in [6, 6.07) is 7.16. The van der Waals surface area contributed by atoms with Crippen molar-refractivity contribution in [1.82, 2.24) is 9.78 Å². The highest BCUT2D eigenvalue weighted by Gasteiger charge is 2.18. The van der Waals surface area contributed by atoms with Crippen LogP contribution in [0.1, 0.15) is 5.69 Å². The number of carboxylic acid groups (broad SMARTS) is 1. The van der Waals surface area contributed by atoms with Gasteiger partial charge in [-0.3, -0.25) is 0 Å². The molecule has 0 aliphatic heterocycles. The number of hydrogen-bond acceptors (Lipinski definition) is 5. The zero-order valence-electron chi connectivity index (χ0n) is 10.5. The van der Waals surface area contributed by atoms with Crippen LogP contribution >= 0.6 is 0 Å². The van der Waals surface area contributed by atoms with Crippen molar-refractivity contribution < 1.29 is 14.6 Å². The smallest absolute Gasteiger partial charge is 0.449 e. The zero-order valence-corrected chi connectivity index (χ0v) is 10.5. The van der Waals surface area contributed by atoms with Crippen LogP contribution < -0.4 is 15.8 Å². The maximum atomic E-state index is 10.7. The average molecular weight is 262 g/mol. The Morgan fingerprint density at radius 3 is 2.79 bits per heavy atom. The molecular formula is C12H14N4O3. The van der Waals surface area contributed by atoms with Gasteiger partial charge >= 0.3 is 6.16 Å². The molecule has 0 bridgehead atoms. The number of para-hydroxylation sites is 2. The Labute approximate surface area is 109 Å². The third kappa shape index (κ3) is 2.59. The van der Waals surface area contributed by atoms with Crippen molar-refractivity contribution in [3.63, 3.8) is 0 Å². The maximum absolute atomic E-state index is 10.7. The lowest BCUT2D eigenvalue weighted by Gasteiger charge is -2.10. The van der Waals surface area contributed by atoms with Gasteiger partial charge in [0, 0.05) is 7.05 Å². The number of carbonyl (C=O) groups is 1. The Morgan fingerprint density at radius 2 is 2.16 bits per heavy atom. The van der Waals surface area contributed by atoms with Crippen molar-refractivity contribution in [1.29, 1.82) is 0 Å². The minimum absolute atomic E-state index is 0.119. The predicted octanol–water partition coefficient (Wildman–Crippen LogP) is 2.11. The molecular weight excluding hydrogens is 248 g/mol. The number of ether oxygens (including phenoxy) is 1. The maximum Gasteiger partial charge on any atom is 0.512 e. The van der Waals surface area contributed by atoms with E-state index in [1.807, 2.05) is 12.1 Å². The highest BCUT2D eigenvalue weighted by molar-refractivity contribution is 5.77. The number of nitrogens with one attached hydrogen (secondary N) is 1. The molecule has 1 aromatic heterocycles. The quantitative estimate of drug-likeness (QED) is 0.578. The van der Waals surface area contributed by atoms with Gasteiger partial charge in [-0.25, -0.2) is 9.48 Å². The first-order valence-corrected chi connectivity index (χ1v) is 5.55. The zero-order chi connectivity index (χ0) is 14.0. The van der Waals surface area contributed by atoms with Gasteiger partial charge in [0.05, 0.1) is 17.1 Å². The molecule has 2 aromatic rings. The predicted molar refractivity (Wildman–Crippen MR) is 70.7 cm³/mol. The fourth-order valence-electron chi connectivity index (χ4n) is 1.73. The molecule has 0 atom stereocenters. The molecule has 0 aliphatic rings. The number of benzene rings is 1. The second-order valence-corrected chi connectivity index (χ2v) is 3.97. The first-order valence-electron chi connectivity index (χ1n) is 5.55. The van der Waals surface area contributed by atoms with E-state index in [0.717, 1.165) is 0 Å². The Bertz CT molecular complexity index is 621. The van der Waals surface area contributed by atoms with E-state index >= 15 is 0 Å². The Morgan fingerprint density at radius 1 is 1.47 bits per heavy atom. The summed E-state index contributed by atoms with van der Waals surface area (Å²) in [5.41, 5.74) is 8.13. The Kier molecular flexibility index (Phi) is 3.28. The van der Waals surface area contributed by atoms with Gasteiger partial charge in [-0.15, -0.1) is 0 Å². The van der Waals surface area contributed by atoms with Gasteiger partial charge in [0.15, 0.2) is 0 Å². The molecule has 0 radical (unpaired) electrons. The monoisotopic (exact) mass is 262 g/mol. The summed E-state index contributed by atoms with van der Waals surface area (Å²) in [5.74, 6) is 0.119. The SMILES string of the molecule is Cc1nn(C)c(OC(=O)O)c1Nc1ccccc1N. The Balaban J connectivity index is 2.39. The first kappa shape index (κ1) is 12.7. The van der Waals surface area contributed by atoms with Crippen LogP contribution in [0.3, 0.4) is 0 Å². The summed E-state index contributed by atoms with van der Waals surface area (Å²) in [6.07, 6.45) is -1.40. The molecule has 1 aromatic carbocycles. The fraction of sp³-hybridized carbons (Fsp3) is 0.167. The third-order valence-electron chi connectivity index (χ3n) is 2.57. The van der Waals surface area contributed by atoms with Crippen LogP contribution in [0.25, 0.3) is 0 Å². The normalized spacial score (nSPS) is 10.2. The minimum Gasteiger partial charge on any atom is -0.449 e. The van der Waals surface area contributed by atoms with Crippen LogP contribution in [-0.4, -0.2) is 21.0 Å². The van der Waals surface area contributed by atoms with Gasteiger partial charge in [0.1, 0.15) is 5.69 Å². The van der Waals surface area contributed by atoms with Crippen molar-refractivity contribution >= 4 is 23.2 Å². The van der Waals surface area contributed by atoms with Crippen molar-refractivity contribution in [2.75, 3.05) is 11.1 Å². The van der Waals surface area contributed by atoms with E-state index in [9.17, 15) is 4.79 Å². The summed E-state index contributed by atoms with van der Waals surface area (Å²) in [6.45, 7) is 1.75. The van der Waals surface area contributed by atoms with E-state index in [-0.39, 0.29) is 5.88 Å². The molecule has 0 unspecified atom stereocenters. The number of nitrogen functional groups attached to an aromatic ring is 1. The average Bonchev–Trinajstić information content (AvgIpc) is 2.58. The Hall–Kier alpha value is -2.70. The lowest BCUT2D eigenvalue weighted by Crippen LogP contribution is -2.08. The van der Waals surface area contributed by atoms with Crippen molar-refractivity contribution in [3.8, 4) is 5.88 Å². The van der Waals surface area contributed by atoms with Crippen LogP contribution in [-0.2, 0) is 7.05 Å². The molecule has 2 rings (SSSR count). The molecule has 0 saturated heterocycles. The largest absolute Gasteiger partial charge is 0.512 e. The molecule has 19 heavy (non-hydrogen) atoms. The molecule has 0 amide bonds. The second-order valence-electron chi connectivity index (χ2n) is 3.97. The van der Waals surface area contributed by atoms with Gasteiger partial charge < -0.3 is 20.9 Å². The molecule has 0 spiro atoms. The summed E-state index contributed by atoms with van der Waals surface area (Å²) in [4.78, 5) is 10.7. The van der Waals surface area contributed by atoms with Gasteiger partial charge in [0.2, 0.25) is 5.88 Å². The lowest BCUT2D eigenvalue weighted by atomic mass is 10.2. The van der Waals surface area contributed by atoms with Crippen molar-refractivity contribution in [2.24, 2.45) is 7.05 Å². The van der Waals surface area contributed by atoms with Crippen molar-refractivity contribution in [3.05, 3.63) is 30.0 Å². The number of nitrogens with two attached hydrogens (primary N) is 1. The highest BCUT2D eigenvalue weighted by Crippen LogP contribution is 2.32. The van der Waals surface area contributed by atoms with E-state index in [1.165, 1.54) is 4.68 Å². The van der Waals surface area contributed by atoms with Crippen LogP contribution in [0.2, 0.25) is 0 Å². The van der Waals surface area contributed by atoms with Gasteiger partial charge in [0.25, 0.3) is 0 Å². The fourth-order valence-corrected chi connectivity index (χ4v) is 1.73. The first-order chi connectivity index (χ1) is 8.99. The van der Waals surface area contributed by atoms with Crippen molar-refractivity contribution in [2.45, 2.75) is 6.92 Å². The number of aryl methyl sites for hydroxylation is 2. The molecule has 100 valence electrons. The molecule has 1 heterocycles. The summed E-state index contributed by atoms with van der Waals surface area (Å²) in [5, 5.41) is 15.9. The molecule has 4 N–H and O–H groups in total. The second kappa shape index (κ2) is 4.89.